The number of fused-ring (bicyclic) bond motifs is 2. The summed E-state index contributed by atoms with van der Waals surface area (Å²) < 4.78 is 0. The molecule has 4 N–H and O–H groups in total. The molecule has 6 nitrogen and oxygen atoms in total. The van der Waals surface area contributed by atoms with Crippen LogP contribution in [0.25, 0.3) is 17.0 Å². The third kappa shape index (κ3) is 4.61. The van der Waals surface area contributed by atoms with Crippen molar-refractivity contribution in [3.63, 3.8) is 0 Å². The second kappa shape index (κ2) is 8.84. The molecule has 33 heavy (non-hydrogen) atoms. The van der Waals surface area contributed by atoms with E-state index in [9.17, 15) is 4.79 Å². The predicted molar refractivity (Wildman–Crippen MR) is 130 cm³/mol. The maximum absolute atomic E-state index is 12.8. The third-order valence-corrected chi connectivity index (χ3v) is 5.84. The molecule has 0 bridgehead atoms. The van der Waals surface area contributed by atoms with E-state index in [1.54, 1.807) is 12.3 Å². The number of carbonyl (C=O) groups excluding carboxylic acids is 1. The molecule has 6 heteroatoms. The fourth-order valence-electron chi connectivity index (χ4n) is 4.10. The van der Waals surface area contributed by atoms with Gasteiger partial charge in [-0.15, -0.1) is 0 Å². The van der Waals surface area contributed by atoms with Gasteiger partial charge < -0.3 is 16.4 Å². The predicted octanol–water partition coefficient (Wildman–Crippen LogP) is 3.99. The molecule has 1 aliphatic rings. The Balaban J connectivity index is 1.27. The summed E-state index contributed by atoms with van der Waals surface area (Å²) in [5.41, 5.74) is 13.9. The van der Waals surface area contributed by atoms with E-state index in [1.807, 2.05) is 42.7 Å². The first kappa shape index (κ1) is 20.8. The highest BCUT2D eigenvalue weighted by Crippen LogP contribution is 2.22. The number of carbonyl (C=O) groups is 1. The first-order valence-corrected chi connectivity index (χ1v) is 10.9. The van der Waals surface area contributed by atoms with E-state index in [2.05, 4.69) is 51.8 Å². The van der Waals surface area contributed by atoms with Crippen molar-refractivity contribution in [2.45, 2.75) is 26.1 Å². The summed E-state index contributed by atoms with van der Waals surface area (Å²) in [6, 6.07) is 18.0. The van der Waals surface area contributed by atoms with Gasteiger partial charge in [0.2, 0.25) is 0 Å². The van der Waals surface area contributed by atoms with Crippen molar-refractivity contribution in [3.8, 4) is 0 Å². The quantitative estimate of drug-likeness (QED) is 0.441. The summed E-state index contributed by atoms with van der Waals surface area (Å²) >= 11 is 0. The Bertz CT molecular complexity index is 1380. The van der Waals surface area contributed by atoms with E-state index in [0.717, 1.165) is 38.9 Å². The molecule has 1 amide bonds. The Kier molecular flexibility index (Phi) is 5.59. The van der Waals surface area contributed by atoms with Crippen LogP contribution in [0.5, 0.6) is 0 Å². The molecule has 2 aromatic carbocycles. The highest BCUT2D eigenvalue weighted by atomic mass is 16.1. The highest BCUT2D eigenvalue weighted by molar-refractivity contribution is 5.94. The second-order valence-electron chi connectivity index (χ2n) is 8.38. The Morgan fingerprint density at radius 1 is 1.06 bits per heavy atom. The minimum Gasteiger partial charge on any atom is -0.372 e. The van der Waals surface area contributed by atoms with Crippen molar-refractivity contribution in [3.05, 3.63) is 112 Å². The molecular weight excluding hydrogens is 410 g/mol. The fraction of sp³-hybridized carbons (Fsp3) is 0.148. The van der Waals surface area contributed by atoms with Gasteiger partial charge in [0.05, 0.1) is 5.52 Å². The van der Waals surface area contributed by atoms with E-state index >= 15 is 0 Å². The molecule has 5 rings (SSSR count). The number of rotatable bonds is 5. The van der Waals surface area contributed by atoms with Crippen LogP contribution in [-0.2, 0) is 13.0 Å². The van der Waals surface area contributed by atoms with Crippen LogP contribution in [0.2, 0.25) is 0 Å². The summed E-state index contributed by atoms with van der Waals surface area (Å²) in [5, 5.41) is 7.19. The molecule has 1 aliphatic heterocycles. The lowest BCUT2D eigenvalue weighted by Gasteiger charge is -2.20. The van der Waals surface area contributed by atoms with Gasteiger partial charge in [0.1, 0.15) is 6.17 Å². The molecule has 0 radical (unpaired) electrons. The third-order valence-electron chi connectivity index (χ3n) is 5.84. The van der Waals surface area contributed by atoms with Crippen LogP contribution in [0.1, 0.15) is 50.0 Å². The largest absolute Gasteiger partial charge is 0.372 e. The maximum atomic E-state index is 12.8. The zero-order valence-electron chi connectivity index (χ0n) is 18.4. The van der Waals surface area contributed by atoms with Crippen LogP contribution in [0.4, 0.5) is 0 Å². The van der Waals surface area contributed by atoms with Crippen LogP contribution in [0, 0.1) is 6.92 Å². The summed E-state index contributed by atoms with van der Waals surface area (Å²) in [7, 11) is 0. The van der Waals surface area contributed by atoms with Crippen molar-refractivity contribution in [1.29, 1.82) is 0 Å². The smallest absolute Gasteiger partial charge is 0.251 e. The van der Waals surface area contributed by atoms with Crippen molar-refractivity contribution in [2.75, 3.05) is 0 Å². The zero-order chi connectivity index (χ0) is 22.8. The molecule has 0 spiro atoms. The molecule has 1 atom stereocenters. The molecule has 3 heterocycles. The van der Waals surface area contributed by atoms with E-state index in [4.69, 9.17) is 5.73 Å². The first-order chi connectivity index (χ1) is 16.0. The molecule has 0 aliphatic carbocycles. The second-order valence-corrected chi connectivity index (χ2v) is 8.38. The summed E-state index contributed by atoms with van der Waals surface area (Å²) in [6.45, 7) is 2.51. The standard InChI is InChI=1S/C27H25N5O/c1-17-2-5-25-22(10-17)12-19(16-31-25)13-23-14-21(7-8-29-23)27(33)32-15-18-3-4-24-20(11-18)6-9-30-26(24)28/h2-12,14,16,26,30H,13,15,28H2,1H3,(H,32,33). The first-order valence-electron chi connectivity index (χ1n) is 10.9. The average Bonchev–Trinajstić information content (AvgIpc) is 2.82. The lowest BCUT2D eigenvalue weighted by molar-refractivity contribution is 0.0950. The van der Waals surface area contributed by atoms with Gasteiger partial charge >= 0.3 is 0 Å². The number of nitrogens with zero attached hydrogens (tertiary/aromatic N) is 2. The number of aryl methyl sites for hydroxylation is 1. The van der Waals surface area contributed by atoms with Crippen molar-refractivity contribution < 1.29 is 4.79 Å². The summed E-state index contributed by atoms with van der Waals surface area (Å²) in [4.78, 5) is 21.8. The molecular formula is C27H25N5O. The molecule has 4 aromatic rings. The maximum Gasteiger partial charge on any atom is 0.251 e. The summed E-state index contributed by atoms with van der Waals surface area (Å²) in [6.07, 6.45) is 7.80. The van der Waals surface area contributed by atoms with Crippen LogP contribution < -0.4 is 16.4 Å². The van der Waals surface area contributed by atoms with E-state index in [0.29, 0.717) is 18.5 Å². The number of hydrogen-bond acceptors (Lipinski definition) is 5. The Morgan fingerprint density at radius 2 is 1.97 bits per heavy atom. The van der Waals surface area contributed by atoms with Crippen molar-refractivity contribution in [2.24, 2.45) is 5.73 Å². The number of hydrogen-bond donors (Lipinski definition) is 3. The topological polar surface area (TPSA) is 92.9 Å². The van der Waals surface area contributed by atoms with Gasteiger partial charge in [-0.2, -0.15) is 0 Å². The monoisotopic (exact) mass is 435 g/mol. The SMILES string of the molecule is Cc1ccc2ncc(Cc3cc(C(=O)NCc4ccc5c(c4)C=CNC5N)ccn3)cc2c1. The lowest BCUT2D eigenvalue weighted by atomic mass is 9.99. The fourth-order valence-corrected chi connectivity index (χ4v) is 4.10. The Hall–Kier alpha value is -4.03. The van der Waals surface area contributed by atoms with Crippen molar-refractivity contribution in [1.82, 2.24) is 20.6 Å². The number of pyridine rings is 2. The highest BCUT2D eigenvalue weighted by Gasteiger charge is 2.13. The minimum atomic E-state index is -0.203. The van der Waals surface area contributed by atoms with Gasteiger partial charge in [-0.05, 0) is 77.9 Å². The van der Waals surface area contributed by atoms with Gasteiger partial charge in [0.25, 0.3) is 5.91 Å². The van der Waals surface area contributed by atoms with E-state index in [-0.39, 0.29) is 12.1 Å². The molecule has 0 saturated heterocycles. The van der Waals surface area contributed by atoms with Gasteiger partial charge in [-0.3, -0.25) is 14.8 Å². The zero-order valence-corrected chi connectivity index (χ0v) is 18.4. The molecule has 0 saturated carbocycles. The minimum absolute atomic E-state index is 0.127. The van der Waals surface area contributed by atoms with Crippen molar-refractivity contribution >= 4 is 22.9 Å². The van der Waals surface area contributed by atoms with Gasteiger partial charge in [0, 0.05) is 42.0 Å². The van der Waals surface area contributed by atoms with Crippen LogP contribution in [0.15, 0.2) is 73.2 Å². The number of benzene rings is 2. The van der Waals surface area contributed by atoms with Crippen LogP contribution in [-0.4, -0.2) is 15.9 Å². The van der Waals surface area contributed by atoms with Gasteiger partial charge in [-0.1, -0.05) is 23.8 Å². The van der Waals surface area contributed by atoms with E-state index < -0.39 is 0 Å². The Morgan fingerprint density at radius 3 is 2.88 bits per heavy atom. The Labute approximate surface area is 192 Å². The number of amides is 1. The number of aromatic nitrogens is 2. The van der Waals surface area contributed by atoms with Crippen LogP contribution >= 0.6 is 0 Å². The van der Waals surface area contributed by atoms with E-state index in [1.165, 1.54) is 5.56 Å². The molecule has 0 fully saturated rings. The number of nitrogens with one attached hydrogen (secondary N) is 2. The molecule has 2 aromatic heterocycles. The van der Waals surface area contributed by atoms with Gasteiger partial charge in [-0.25, -0.2) is 0 Å². The van der Waals surface area contributed by atoms with Gasteiger partial charge in [0.15, 0.2) is 0 Å². The summed E-state index contributed by atoms with van der Waals surface area (Å²) in [5.74, 6) is -0.127. The molecule has 1 unspecified atom stereocenters. The average molecular weight is 436 g/mol. The molecule has 164 valence electrons. The lowest BCUT2D eigenvalue weighted by Crippen LogP contribution is -2.27. The number of nitrogens with two attached hydrogens (primary N) is 1. The normalized spacial score (nSPS) is 14.5. The van der Waals surface area contributed by atoms with Crippen LogP contribution in [0.3, 0.4) is 0 Å².